The highest BCUT2D eigenvalue weighted by molar-refractivity contribution is 5.92. The number of hydrogen-bond donors (Lipinski definition) is 4. The number of aromatic nitrogens is 3. The van der Waals surface area contributed by atoms with Crippen LogP contribution in [-0.4, -0.2) is 76.9 Å². The van der Waals surface area contributed by atoms with E-state index in [1.165, 1.54) is 6.20 Å². The lowest BCUT2D eigenvalue weighted by Gasteiger charge is -2.11. The van der Waals surface area contributed by atoms with Gasteiger partial charge < -0.3 is 30.0 Å². The Morgan fingerprint density at radius 2 is 2.00 bits per heavy atom. The smallest absolute Gasteiger partial charge is 0.407 e. The highest BCUT2D eigenvalue weighted by Crippen LogP contribution is 2.00. The highest BCUT2D eigenvalue weighted by Gasteiger charge is 2.19. The molecule has 2 amide bonds. The molecule has 0 fully saturated rings. The largest absolute Gasteiger partial charge is 0.453 e. The number of hydrogen-bond acceptors (Lipinski definition) is 10. The topological polar surface area (TPSA) is 191 Å². The number of methoxy groups -OCH3 is 1. The van der Waals surface area contributed by atoms with Crippen molar-refractivity contribution in [3.63, 3.8) is 0 Å². The molecule has 0 saturated heterocycles. The Labute approximate surface area is 180 Å². The average Bonchev–Trinajstić information content (AvgIpc) is 3.19. The number of alkyl carbamates (subject to hydrolysis) is 1. The van der Waals surface area contributed by atoms with Gasteiger partial charge in [-0.05, 0) is 12.1 Å². The molecule has 2 aromatic rings. The van der Waals surface area contributed by atoms with Crippen molar-refractivity contribution >= 4 is 23.9 Å². The lowest BCUT2D eigenvalue weighted by atomic mass is 10.2. The first-order valence-corrected chi connectivity index (χ1v) is 9.15. The van der Waals surface area contributed by atoms with Crippen molar-refractivity contribution in [3.8, 4) is 5.82 Å². The number of nitrogens with zero attached hydrogens (tertiary/aromatic N) is 2. The Kier molecular flexibility index (Phi) is 8.91. The van der Waals surface area contributed by atoms with E-state index in [0.717, 1.165) is 17.9 Å². The predicted molar refractivity (Wildman–Crippen MR) is 105 cm³/mol. The van der Waals surface area contributed by atoms with Crippen LogP contribution in [0, 0.1) is 0 Å². The zero-order valence-electron chi connectivity index (χ0n) is 16.9. The molecule has 2 heterocycles. The number of esters is 2. The van der Waals surface area contributed by atoms with Gasteiger partial charge in [-0.25, -0.2) is 19.3 Å². The molecule has 0 unspecified atom stereocenters. The van der Waals surface area contributed by atoms with Crippen molar-refractivity contribution in [2.45, 2.75) is 12.5 Å². The quantitative estimate of drug-likeness (QED) is 0.243. The van der Waals surface area contributed by atoms with E-state index in [4.69, 9.17) is 0 Å². The van der Waals surface area contributed by atoms with Gasteiger partial charge in [0.25, 0.3) is 11.5 Å². The van der Waals surface area contributed by atoms with Crippen molar-refractivity contribution in [3.05, 3.63) is 46.5 Å². The highest BCUT2D eigenvalue weighted by atomic mass is 16.7. The number of pyridine rings is 1. The summed E-state index contributed by atoms with van der Waals surface area (Å²) in [6, 6.07) is 6.01. The van der Waals surface area contributed by atoms with Crippen molar-refractivity contribution in [2.75, 3.05) is 27.0 Å². The normalized spacial score (nSPS) is 11.2. The number of aliphatic hydroxyl groups excluding tert-OH is 1. The van der Waals surface area contributed by atoms with Crippen LogP contribution in [0.1, 0.15) is 16.9 Å². The van der Waals surface area contributed by atoms with Gasteiger partial charge in [0.2, 0.25) is 6.79 Å². The second-order valence-corrected chi connectivity index (χ2v) is 6.03. The van der Waals surface area contributed by atoms with E-state index in [-0.39, 0.29) is 18.7 Å². The Balaban J connectivity index is 1.71. The fourth-order valence-electron chi connectivity index (χ4n) is 2.22. The van der Waals surface area contributed by atoms with Gasteiger partial charge in [-0.2, -0.15) is 0 Å². The van der Waals surface area contributed by atoms with Crippen LogP contribution in [0.25, 0.3) is 5.82 Å². The fraction of sp³-hybridized carbons (Fsp3) is 0.333. The zero-order valence-corrected chi connectivity index (χ0v) is 16.9. The molecule has 0 spiro atoms. The van der Waals surface area contributed by atoms with Gasteiger partial charge in [0, 0.05) is 25.2 Å². The number of carbonyl (C=O) groups is 4. The SMILES string of the molecule is COC(=O)NCC(=O)OCOC(=O)[C@H](O)CCNC(=O)c1cc(=O)n(-c2ccccn2)[nH]1. The van der Waals surface area contributed by atoms with Gasteiger partial charge in [-0.1, -0.05) is 6.07 Å². The summed E-state index contributed by atoms with van der Waals surface area (Å²) in [6.07, 6.45) is -1.15. The molecule has 0 aliphatic heterocycles. The number of aromatic amines is 1. The van der Waals surface area contributed by atoms with Gasteiger partial charge in [0.05, 0.1) is 7.11 Å². The number of aliphatic hydroxyl groups is 1. The molecule has 2 rings (SSSR count). The Bertz CT molecular complexity index is 1000. The van der Waals surface area contributed by atoms with Crippen molar-refractivity contribution in [1.82, 2.24) is 25.4 Å². The van der Waals surface area contributed by atoms with Gasteiger partial charge in [0.15, 0.2) is 11.9 Å². The number of amides is 2. The first-order valence-electron chi connectivity index (χ1n) is 9.15. The maximum absolute atomic E-state index is 12.2. The molecule has 4 N–H and O–H groups in total. The molecular formula is C18H21N5O9. The van der Waals surface area contributed by atoms with E-state index in [2.05, 4.69) is 34.9 Å². The van der Waals surface area contributed by atoms with Crippen LogP contribution in [0.15, 0.2) is 35.3 Å². The standard InChI is InChI=1S/C18H21N5O9/c1-30-18(29)21-9-15(26)31-10-32-17(28)12(24)5-7-20-16(27)11-8-14(25)23(22-11)13-4-2-3-6-19-13/h2-4,6,8,12,22,24H,5,7,9-10H2,1H3,(H,20,27)(H,21,29)/t12-/m1/s1. The molecule has 0 aliphatic rings. The molecule has 172 valence electrons. The Hall–Kier alpha value is -4.20. The van der Waals surface area contributed by atoms with Crippen molar-refractivity contribution in [2.24, 2.45) is 0 Å². The molecule has 0 radical (unpaired) electrons. The summed E-state index contributed by atoms with van der Waals surface area (Å²) in [7, 11) is 1.11. The van der Waals surface area contributed by atoms with E-state index in [1.807, 2.05) is 0 Å². The van der Waals surface area contributed by atoms with Crippen LogP contribution in [0.5, 0.6) is 0 Å². The number of rotatable bonds is 10. The molecule has 14 nitrogen and oxygen atoms in total. The third-order valence-electron chi connectivity index (χ3n) is 3.80. The van der Waals surface area contributed by atoms with E-state index < -0.39 is 48.9 Å². The fourth-order valence-corrected chi connectivity index (χ4v) is 2.22. The number of nitrogens with one attached hydrogen (secondary N) is 3. The van der Waals surface area contributed by atoms with Crippen molar-refractivity contribution in [1.29, 1.82) is 0 Å². The predicted octanol–water partition coefficient (Wildman–Crippen LogP) is -1.56. The molecule has 2 aromatic heterocycles. The number of H-pyrrole nitrogens is 1. The lowest BCUT2D eigenvalue weighted by molar-refractivity contribution is -0.173. The summed E-state index contributed by atoms with van der Waals surface area (Å²) in [5, 5.41) is 16.9. The van der Waals surface area contributed by atoms with Crippen LogP contribution in [-0.2, 0) is 23.8 Å². The van der Waals surface area contributed by atoms with Gasteiger partial charge in [-0.3, -0.25) is 19.5 Å². The molecule has 0 bridgehead atoms. The lowest BCUT2D eigenvalue weighted by Crippen LogP contribution is -2.33. The molecule has 0 aliphatic carbocycles. The minimum atomic E-state index is -1.60. The van der Waals surface area contributed by atoms with Crippen LogP contribution < -0.4 is 16.2 Å². The molecule has 0 aromatic carbocycles. The first kappa shape index (κ1) is 24.1. The van der Waals surface area contributed by atoms with E-state index >= 15 is 0 Å². The average molecular weight is 451 g/mol. The van der Waals surface area contributed by atoms with E-state index in [9.17, 15) is 29.1 Å². The second kappa shape index (κ2) is 11.8. The minimum absolute atomic E-state index is 0.0369. The van der Waals surface area contributed by atoms with Crippen LogP contribution in [0.4, 0.5) is 4.79 Å². The van der Waals surface area contributed by atoms with E-state index in [1.54, 1.807) is 18.2 Å². The van der Waals surface area contributed by atoms with Gasteiger partial charge in [-0.15, -0.1) is 0 Å². The molecular weight excluding hydrogens is 430 g/mol. The number of ether oxygens (including phenoxy) is 3. The summed E-state index contributed by atoms with van der Waals surface area (Å²) in [4.78, 5) is 61.9. The third-order valence-corrected chi connectivity index (χ3v) is 3.80. The number of carbonyl (C=O) groups excluding carboxylic acids is 4. The summed E-state index contributed by atoms with van der Waals surface area (Å²) in [5.74, 6) is -2.31. The van der Waals surface area contributed by atoms with Crippen LogP contribution >= 0.6 is 0 Å². The molecule has 14 heteroatoms. The Morgan fingerprint density at radius 1 is 1.22 bits per heavy atom. The molecule has 1 atom stereocenters. The first-order chi connectivity index (χ1) is 15.3. The zero-order chi connectivity index (χ0) is 23.5. The molecule has 32 heavy (non-hydrogen) atoms. The van der Waals surface area contributed by atoms with Crippen LogP contribution in [0.2, 0.25) is 0 Å². The van der Waals surface area contributed by atoms with Crippen LogP contribution in [0.3, 0.4) is 0 Å². The monoisotopic (exact) mass is 451 g/mol. The van der Waals surface area contributed by atoms with Crippen molar-refractivity contribution < 1.29 is 38.5 Å². The maximum Gasteiger partial charge on any atom is 0.407 e. The Morgan fingerprint density at radius 3 is 2.69 bits per heavy atom. The van der Waals surface area contributed by atoms with Gasteiger partial charge in [0.1, 0.15) is 12.2 Å². The molecule has 0 saturated carbocycles. The summed E-state index contributed by atoms with van der Waals surface area (Å²) in [6.45, 7) is -1.39. The van der Waals surface area contributed by atoms with E-state index in [0.29, 0.717) is 5.82 Å². The maximum atomic E-state index is 12.2. The van der Waals surface area contributed by atoms with Gasteiger partial charge >= 0.3 is 18.0 Å². The summed E-state index contributed by atoms with van der Waals surface area (Å²) >= 11 is 0. The summed E-state index contributed by atoms with van der Waals surface area (Å²) in [5.41, 5.74) is -0.529. The third kappa shape index (κ3) is 7.24. The summed E-state index contributed by atoms with van der Waals surface area (Å²) < 4.78 is 14.4. The minimum Gasteiger partial charge on any atom is -0.453 e. The second-order valence-electron chi connectivity index (χ2n) is 6.03.